The molecule has 2 unspecified atom stereocenters. The first kappa shape index (κ1) is 11.9. The van der Waals surface area contributed by atoms with Crippen molar-refractivity contribution in [1.82, 2.24) is 4.90 Å². The van der Waals surface area contributed by atoms with Crippen LogP contribution in [0.25, 0.3) is 0 Å². The highest BCUT2D eigenvalue weighted by Gasteiger charge is 2.36. The molecule has 2 nitrogen and oxygen atoms in total. The van der Waals surface area contributed by atoms with Crippen LogP contribution in [0.1, 0.15) is 26.7 Å². The summed E-state index contributed by atoms with van der Waals surface area (Å²) in [5, 5.41) is 0. The molecule has 4 heteroatoms. The number of piperidine rings is 1. The average Bonchev–Trinajstić information content (AvgIpc) is 2.11. The highest BCUT2D eigenvalue weighted by molar-refractivity contribution is 4.86. The van der Waals surface area contributed by atoms with Crippen molar-refractivity contribution in [3.8, 4) is 0 Å². The molecule has 0 saturated carbocycles. The lowest BCUT2D eigenvalue weighted by molar-refractivity contribution is -0.0695. The number of alkyl halides is 2. The van der Waals surface area contributed by atoms with Gasteiger partial charge in [-0.1, -0.05) is 0 Å². The van der Waals surface area contributed by atoms with Crippen LogP contribution >= 0.6 is 0 Å². The van der Waals surface area contributed by atoms with Gasteiger partial charge in [0.25, 0.3) is 6.43 Å². The molecule has 14 heavy (non-hydrogen) atoms. The zero-order valence-corrected chi connectivity index (χ0v) is 9.04. The molecule has 0 bridgehead atoms. The molecule has 0 amide bonds. The van der Waals surface area contributed by atoms with Crippen molar-refractivity contribution in [1.29, 1.82) is 0 Å². The number of nitrogens with zero attached hydrogens (tertiary/aromatic N) is 1. The summed E-state index contributed by atoms with van der Waals surface area (Å²) in [6.07, 6.45) is -0.962. The molecule has 0 spiro atoms. The minimum Gasteiger partial charge on any atom is -0.378 e. The Morgan fingerprint density at radius 3 is 2.57 bits per heavy atom. The molecule has 1 aliphatic heterocycles. The van der Waals surface area contributed by atoms with E-state index in [1.807, 2.05) is 13.8 Å². The van der Waals surface area contributed by atoms with Gasteiger partial charge in [-0.25, -0.2) is 8.78 Å². The smallest absolute Gasteiger partial charge is 0.253 e. The number of hydrogen-bond donors (Lipinski definition) is 0. The Kier molecular flexibility index (Phi) is 4.26. The number of halogens is 2. The standard InChI is InChI=1S/C10H19F2NO/c1-4-14-8-5-7(2)13(3)9(6-8)10(11)12/h7-10H,4-6H2,1-3H3/t7-,8?,9?/m1/s1. The van der Waals surface area contributed by atoms with E-state index in [1.54, 1.807) is 11.9 Å². The van der Waals surface area contributed by atoms with Crippen molar-refractivity contribution in [2.75, 3.05) is 13.7 Å². The van der Waals surface area contributed by atoms with Gasteiger partial charge in [0.1, 0.15) is 0 Å². The molecule has 1 aliphatic rings. The minimum atomic E-state index is -2.27. The molecule has 0 radical (unpaired) electrons. The maximum atomic E-state index is 12.7. The molecular weight excluding hydrogens is 188 g/mol. The van der Waals surface area contributed by atoms with Crippen LogP contribution in [0.4, 0.5) is 8.78 Å². The normalized spacial score (nSPS) is 35.1. The SMILES string of the molecule is CCOC1CC(C(F)F)N(C)[C@H](C)C1. The number of rotatable bonds is 3. The second-order valence-electron chi connectivity index (χ2n) is 3.97. The number of hydrogen-bond acceptors (Lipinski definition) is 2. The summed E-state index contributed by atoms with van der Waals surface area (Å²) in [6, 6.07) is -0.463. The van der Waals surface area contributed by atoms with E-state index in [2.05, 4.69) is 0 Å². The molecule has 0 N–H and O–H groups in total. The van der Waals surface area contributed by atoms with Crippen LogP contribution in [0.5, 0.6) is 0 Å². The zero-order valence-electron chi connectivity index (χ0n) is 9.04. The third-order valence-electron chi connectivity index (χ3n) is 3.02. The Bertz CT molecular complexity index is 178. The Morgan fingerprint density at radius 2 is 2.07 bits per heavy atom. The fourth-order valence-corrected chi connectivity index (χ4v) is 2.06. The lowest BCUT2D eigenvalue weighted by Gasteiger charge is -2.41. The Morgan fingerprint density at radius 1 is 1.43 bits per heavy atom. The van der Waals surface area contributed by atoms with Crippen molar-refractivity contribution in [3.05, 3.63) is 0 Å². The number of likely N-dealkylation sites (tertiary alicyclic amines) is 1. The molecule has 0 aromatic carbocycles. The van der Waals surface area contributed by atoms with E-state index < -0.39 is 12.5 Å². The van der Waals surface area contributed by atoms with Gasteiger partial charge in [-0.2, -0.15) is 0 Å². The van der Waals surface area contributed by atoms with Gasteiger partial charge in [0.05, 0.1) is 12.1 Å². The molecule has 0 aromatic rings. The van der Waals surface area contributed by atoms with Crippen LogP contribution in [0, 0.1) is 0 Å². The van der Waals surface area contributed by atoms with Crippen LogP contribution in [0.15, 0.2) is 0 Å². The molecular formula is C10H19F2NO. The summed E-state index contributed by atoms with van der Waals surface area (Å²) in [7, 11) is 1.77. The molecule has 1 saturated heterocycles. The van der Waals surface area contributed by atoms with E-state index >= 15 is 0 Å². The van der Waals surface area contributed by atoms with Crippen LogP contribution in [-0.2, 0) is 4.74 Å². The van der Waals surface area contributed by atoms with Gasteiger partial charge in [-0.15, -0.1) is 0 Å². The molecule has 1 rings (SSSR count). The molecule has 0 aromatic heterocycles. The van der Waals surface area contributed by atoms with Crippen LogP contribution in [0.2, 0.25) is 0 Å². The Hall–Kier alpha value is -0.220. The topological polar surface area (TPSA) is 12.5 Å². The Labute approximate surface area is 84.2 Å². The van der Waals surface area contributed by atoms with Gasteiger partial charge in [0.2, 0.25) is 0 Å². The second kappa shape index (κ2) is 5.03. The van der Waals surface area contributed by atoms with Crippen molar-refractivity contribution in [2.24, 2.45) is 0 Å². The van der Waals surface area contributed by atoms with Gasteiger partial charge in [-0.3, -0.25) is 4.90 Å². The van der Waals surface area contributed by atoms with E-state index in [-0.39, 0.29) is 12.1 Å². The summed E-state index contributed by atoms with van der Waals surface area (Å²) in [6.45, 7) is 4.48. The first-order valence-corrected chi connectivity index (χ1v) is 5.18. The molecule has 1 heterocycles. The average molecular weight is 207 g/mol. The molecule has 0 aliphatic carbocycles. The quantitative estimate of drug-likeness (QED) is 0.703. The van der Waals surface area contributed by atoms with E-state index in [0.717, 1.165) is 6.42 Å². The largest absolute Gasteiger partial charge is 0.378 e. The van der Waals surface area contributed by atoms with Crippen molar-refractivity contribution in [3.63, 3.8) is 0 Å². The van der Waals surface area contributed by atoms with Gasteiger partial charge >= 0.3 is 0 Å². The van der Waals surface area contributed by atoms with E-state index in [0.29, 0.717) is 13.0 Å². The number of ether oxygens (including phenoxy) is 1. The van der Waals surface area contributed by atoms with Gasteiger partial charge < -0.3 is 4.74 Å². The summed E-state index contributed by atoms with van der Waals surface area (Å²) >= 11 is 0. The fraction of sp³-hybridized carbons (Fsp3) is 1.00. The third kappa shape index (κ3) is 2.64. The first-order chi connectivity index (χ1) is 6.56. The minimum absolute atomic E-state index is 0.00481. The summed E-state index contributed by atoms with van der Waals surface area (Å²) in [5.74, 6) is 0. The maximum Gasteiger partial charge on any atom is 0.253 e. The predicted octanol–water partition coefficient (Wildman–Crippen LogP) is 2.14. The Balaban J connectivity index is 2.57. The van der Waals surface area contributed by atoms with Gasteiger partial charge in [-0.05, 0) is 33.7 Å². The highest BCUT2D eigenvalue weighted by atomic mass is 19.3. The van der Waals surface area contributed by atoms with E-state index in [9.17, 15) is 8.78 Å². The third-order valence-corrected chi connectivity index (χ3v) is 3.02. The second-order valence-corrected chi connectivity index (χ2v) is 3.97. The molecule has 3 atom stereocenters. The van der Waals surface area contributed by atoms with E-state index in [4.69, 9.17) is 4.74 Å². The lowest BCUT2D eigenvalue weighted by atomic mass is 9.94. The van der Waals surface area contributed by atoms with Crippen molar-refractivity contribution >= 4 is 0 Å². The molecule has 84 valence electrons. The maximum absolute atomic E-state index is 12.7. The summed E-state index contributed by atoms with van der Waals surface area (Å²) < 4.78 is 30.7. The van der Waals surface area contributed by atoms with Crippen molar-refractivity contribution < 1.29 is 13.5 Å². The zero-order chi connectivity index (χ0) is 10.7. The summed E-state index contributed by atoms with van der Waals surface area (Å²) in [5.41, 5.74) is 0. The lowest BCUT2D eigenvalue weighted by Crippen LogP contribution is -2.51. The van der Waals surface area contributed by atoms with Crippen LogP contribution < -0.4 is 0 Å². The molecule has 1 fully saturated rings. The van der Waals surface area contributed by atoms with Gasteiger partial charge in [0, 0.05) is 12.6 Å². The predicted molar refractivity (Wildman–Crippen MR) is 51.7 cm³/mol. The van der Waals surface area contributed by atoms with Crippen LogP contribution in [0.3, 0.4) is 0 Å². The van der Waals surface area contributed by atoms with E-state index in [1.165, 1.54) is 0 Å². The van der Waals surface area contributed by atoms with Crippen LogP contribution in [-0.4, -0.2) is 43.2 Å². The van der Waals surface area contributed by atoms with Crippen molar-refractivity contribution in [2.45, 2.75) is 51.3 Å². The monoisotopic (exact) mass is 207 g/mol. The highest BCUT2D eigenvalue weighted by Crippen LogP contribution is 2.27. The van der Waals surface area contributed by atoms with Gasteiger partial charge in [0.15, 0.2) is 0 Å². The first-order valence-electron chi connectivity index (χ1n) is 5.18. The fourth-order valence-electron chi connectivity index (χ4n) is 2.06. The summed E-state index contributed by atoms with van der Waals surface area (Å²) in [4.78, 5) is 1.76.